The van der Waals surface area contributed by atoms with E-state index in [9.17, 15) is 9.59 Å². The molecule has 0 fully saturated rings. The van der Waals surface area contributed by atoms with E-state index in [1.165, 1.54) is 0 Å². The Kier molecular flexibility index (Phi) is 9.27. The zero-order valence-electron chi connectivity index (χ0n) is 12.6. The fourth-order valence-corrected chi connectivity index (χ4v) is 1.96. The average Bonchev–Trinajstić information content (AvgIpc) is 2.39. The van der Waals surface area contributed by atoms with Crippen LogP contribution in [-0.4, -0.2) is 29.7 Å². The molecule has 0 spiro atoms. The molecule has 2 amide bonds. The molecule has 20 heavy (non-hydrogen) atoms. The molecule has 0 aromatic carbocycles. The second-order valence-electron chi connectivity index (χ2n) is 5.25. The highest BCUT2D eigenvalue weighted by molar-refractivity contribution is 5.74. The quantitative estimate of drug-likeness (QED) is 0.567. The molecule has 0 aliphatic heterocycles. The van der Waals surface area contributed by atoms with Crippen LogP contribution in [0, 0.1) is 24.2 Å². The summed E-state index contributed by atoms with van der Waals surface area (Å²) in [5.41, 5.74) is 0. The van der Waals surface area contributed by atoms with Crippen molar-refractivity contribution in [3.63, 3.8) is 0 Å². The van der Waals surface area contributed by atoms with E-state index in [4.69, 9.17) is 11.5 Å². The summed E-state index contributed by atoms with van der Waals surface area (Å²) in [6.45, 7) is 6.57. The number of carboxylic acid groups (broad SMARTS) is 1. The molecule has 3 N–H and O–H groups in total. The lowest BCUT2D eigenvalue weighted by atomic mass is 9.88. The highest BCUT2D eigenvalue weighted by Crippen LogP contribution is 2.20. The van der Waals surface area contributed by atoms with Crippen LogP contribution in [-0.2, 0) is 4.79 Å². The standard InChI is InChI=1S/C15H26N2O3/c1-5-13(6-2)17-15(20)16-10-9-12(11(3)4)7-8-14(18)19/h1,11-13H,6-10H2,2-4H3,(H,18,19)(H2,16,17,20). The molecule has 0 rings (SSSR count). The highest BCUT2D eigenvalue weighted by atomic mass is 16.4. The van der Waals surface area contributed by atoms with Gasteiger partial charge in [-0.05, 0) is 31.1 Å². The highest BCUT2D eigenvalue weighted by Gasteiger charge is 2.15. The molecule has 0 aromatic rings. The number of rotatable bonds is 9. The summed E-state index contributed by atoms with van der Waals surface area (Å²) in [5.74, 6) is 2.41. The van der Waals surface area contributed by atoms with Crippen molar-refractivity contribution < 1.29 is 14.7 Å². The van der Waals surface area contributed by atoms with Crippen LogP contribution in [0.5, 0.6) is 0 Å². The van der Waals surface area contributed by atoms with Crippen LogP contribution in [0.15, 0.2) is 0 Å². The van der Waals surface area contributed by atoms with Gasteiger partial charge in [-0.25, -0.2) is 4.79 Å². The molecule has 5 nitrogen and oxygen atoms in total. The molecule has 0 heterocycles. The van der Waals surface area contributed by atoms with Crippen LogP contribution >= 0.6 is 0 Å². The van der Waals surface area contributed by atoms with Gasteiger partial charge in [-0.3, -0.25) is 4.79 Å². The fraction of sp³-hybridized carbons (Fsp3) is 0.733. The van der Waals surface area contributed by atoms with Gasteiger partial charge in [0.05, 0.1) is 6.04 Å². The van der Waals surface area contributed by atoms with E-state index in [0.717, 1.165) is 6.42 Å². The number of amides is 2. The first-order chi connectivity index (χ1) is 9.40. The summed E-state index contributed by atoms with van der Waals surface area (Å²) < 4.78 is 0. The van der Waals surface area contributed by atoms with Gasteiger partial charge in [-0.1, -0.05) is 26.7 Å². The second kappa shape index (κ2) is 10.1. The van der Waals surface area contributed by atoms with Crippen LogP contribution in [0.2, 0.25) is 0 Å². The molecule has 5 heteroatoms. The summed E-state index contributed by atoms with van der Waals surface area (Å²) in [7, 11) is 0. The third kappa shape index (κ3) is 8.41. The first-order valence-corrected chi connectivity index (χ1v) is 7.12. The fourth-order valence-electron chi connectivity index (χ4n) is 1.96. The van der Waals surface area contributed by atoms with Gasteiger partial charge >= 0.3 is 12.0 Å². The maximum absolute atomic E-state index is 11.6. The van der Waals surface area contributed by atoms with Crippen LogP contribution in [0.25, 0.3) is 0 Å². The van der Waals surface area contributed by atoms with Crippen molar-refractivity contribution in [3.8, 4) is 12.3 Å². The van der Waals surface area contributed by atoms with E-state index in [-0.39, 0.29) is 18.5 Å². The lowest BCUT2D eigenvalue weighted by Gasteiger charge is -2.20. The van der Waals surface area contributed by atoms with Gasteiger partial charge in [0.15, 0.2) is 0 Å². The largest absolute Gasteiger partial charge is 0.481 e. The SMILES string of the molecule is C#CC(CC)NC(=O)NCCC(CCC(=O)O)C(C)C. The van der Waals surface area contributed by atoms with Crippen molar-refractivity contribution in [1.29, 1.82) is 0 Å². The van der Waals surface area contributed by atoms with Gasteiger partial charge in [0, 0.05) is 13.0 Å². The van der Waals surface area contributed by atoms with E-state index in [1.807, 2.05) is 6.92 Å². The summed E-state index contributed by atoms with van der Waals surface area (Å²) >= 11 is 0. The van der Waals surface area contributed by atoms with Gasteiger partial charge in [-0.15, -0.1) is 6.42 Å². The Hall–Kier alpha value is -1.70. The minimum Gasteiger partial charge on any atom is -0.481 e. The molecule has 0 aliphatic carbocycles. The van der Waals surface area contributed by atoms with E-state index in [1.54, 1.807) is 0 Å². The number of urea groups is 1. The summed E-state index contributed by atoms with van der Waals surface area (Å²) in [6.07, 6.45) is 7.54. The maximum atomic E-state index is 11.6. The van der Waals surface area contributed by atoms with Crippen molar-refractivity contribution >= 4 is 12.0 Å². The third-order valence-corrected chi connectivity index (χ3v) is 3.39. The topological polar surface area (TPSA) is 78.4 Å². The van der Waals surface area contributed by atoms with Crippen molar-refractivity contribution in [2.45, 2.75) is 52.5 Å². The van der Waals surface area contributed by atoms with Gasteiger partial charge in [0.25, 0.3) is 0 Å². The number of aliphatic carboxylic acids is 1. The normalized spacial score (nSPS) is 13.3. The monoisotopic (exact) mass is 282 g/mol. The van der Waals surface area contributed by atoms with Gasteiger partial charge in [0.1, 0.15) is 0 Å². The number of terminal acetylenes is 1. The molecule has 0 bridgehead atoms. The van der Waals surface area contributed by atoms with Crippen molar-refractivity contribution in [2.75, 3.05) is 6.54 Å². The number of hydrogen-bond donors (Lipinski definition) is 3. The number of hydrogen-bond acceptors (Lipinski definition) is 2. The Labute approximate surface area is 121 Å². The Morgan fingerprint density at radius 3 is 2.40 bits per heavy atom. The van der Waals surface area contributed by atoms with Gasteiger partial charge in [-0.2, -0.15) is 0 Å². The number of nitrogens with one attached hydrogen (secondary N) is 2. The summed E-state index contributed by atoms with van der Waals surface area (Å²) in [6, 6.07) is -0.515. The van der Waals surface area contributed by atoms with Crippen LogP contribution in [0.1, 0.15) is 46.5 Å². The van der Waals surface area contributed by atoms with E-state index in [2.05, 4.69) is 30.4 Å². The predicted molar refractivity (Wildman–Crippen MR) is 79.3 cm³/mol. The van der Waals surface area contributed by atoms with Crippen LogP contribution in [0.3, 0.4) is 0 Å². The minimum atomic E-state index is -0.777. The zero-order chi connectivity index (χ0) is 15.5. The third-order valence-electron chi connectivity index (χ3n) is 3.39. The average molecular weight is 282 g/mol. The number of carbonyl (C=O) groups excluding carboxylic acids is 1. The molecule has 0 radical (unpaired) electrons. The molecule has 2 atom stereocenters. The van der Waals surface area contributed by atoms with Gasteiger partial charge < -0.3 is 15.7 Å². The molecule has 0 aromatic heterocycles. The first-order valence-electron chi connectivity index (χ1n) is 7.12. The molecule has 0 saturated heterocycles. The summed E-state index contributed by atoms with van der Waals surface area (Å²) in [4.78, 5) is 22.2. The molecule has 0 aliphatic rings. The molecule has 114 valence electrons. The van der Waals surface area contributed by atoms with Crippen molar-refractivity contribution in [3.05, 3.63) is 0 Å². The molecular formula is C15H26N2O3. The van der Waals surface area contributed by atoms with Gasteiger partial charge in [0.2, 0.25) is 0 Å². The Bertz CT molecular complexity index is 348. The van der Waals surface area contributed by atoms with Crippen molar-refractivity contribution in [2.24, 2.45) is 11.8 Å². The van der Waals surface area contributed by atoms with E-state index < -0.39 is 5.97 Å². The number of carboxylic acids is 1. The molecule has 0 saturated carbocycles. The first kappa shape index (κ1) is 18.3. The lowest BCUT2D eigenvalue weighted by Crippen LogP contribution is -2.42. The Morgan fingerprint density at radius 2 is 1.95 bits per heavy atom. The van der Waals surface area contributed by atoms with E-state index in [0.29, 0.717) is 31.2 Å². The molecule has 2 unspecified atom stereocenters. The van der Waals surface area contributed by atoms with Crippen LogP contribution < -0.4 is 10.6 Å². The Morgan fingerprint density at radius 1 is 1.30 bits per heavy atom. The molecular weight excluding hydrogens is 256 g/mol. The number of carbonyl (C=O) groups is 2. The second-order valence-corrected chi connectivity index (χ2v) is 5.25. The summed E-state index contributed by atoms with van der Waals surface area (Å²) in [5, 5.41) is 14.2. The van der Waals surface area contributed by atoms with E-state index >= 15 is 0 Å². The van der Waals surface area contributed by atoms with Crippen molar-refractivity contribution in [1.82, 2.24) is 10.6 Å². The Balaban J connectivity index is 4.02. The zero-order valence-corrected chi connectivity index (χ0v) is 12.6. The maximum Gasteiger partial charge on any atom is 0.315 e. The minimum absolute atomic E-state index is 0.171. The lowest BCUT2D eigenvalue weighted by molar-refractivity contribution is -0.137. The smallest absolute Gasteiger partial charge is 0.315 e. The predicted octanol–water partition coefficient (Wildman–Crippen LogP) is 2.22. The van der Waals surface area contributed by atoms with Crippen LogP contribution in [0.4, 0.5) is 4.79 Å².